The minimum Gasteiger partial charge on any atom is -0.507 e. The van der Waals surface area contributed by atoms with Crippen LogP contribution in [0, 0.1) is 6.92 Å². The summed E-state index contributed by atoms with van der Waals surface area (Å²) in [5.74, 6) is -0.540. The Hall–Kier alpha value is -2.31. The molecular weight excluding hydrogens is 412 g/mol. The van der Waals surface area contributed by atoms with Crippen molar-refractivity contribution in [2.75, 3.05) is 6.26 Å². The molecule has 4 rings (SSSR count). The molecule has 1 aliphatic carbocycles. The molecule has 5 nitrogen and oxygen atoms in total. The number of sulfone groups is 1. The summed E-state index contributed by atoms with van der Waals surface area (Å²) in [5, 5.41) is 11.2. The first-order valence-corrected chi connectivity index (χ1v) is 11.7. The average molecular weight is 433 g/mol. The summed E-state index contributed by atoms with van der Waals surface area (Å²) in [5.41, 5.74) is 1.86. The highest BCUT2D eigenvalue weighted by atomic mass is 35.5. The smallest absolute Gasteiger partial charge is 0.343 e. The third-order valence-corrected chi connectivity index (χ3v) is 7.15. The lowest BCUT2D eigenvalue weighted by atomic mass is 9.92. The van der Waals surface area contributed by atoms with Gasteiger partial charge in [-0.15, -0.1) is 0 Å². The van der Waals surface area contributed by atoms with Crippen molar-refractivity contribution >= 4 is 33.0 Å². The predicted octanol–water partition coefficient (Wildman–Crippen LogP) is 4.86. The standard InChI is InChI=1S/C22H21ClO5S/c1-13-10-17(14-6-5-7-15(11-14)29(2,26)27)18(23)12-16(13)19-20(24)22(28-21(19)25)8-3-4-9-22/h5-7,10-12,24H,3-4,8-9H2,1-2H3. The SMILES string of the molecule is Cc1cc(-c2cccc(S(C)(=O)=O)c2)c(Cl)cc1C1=C(O)C2(CCCC2)OC1=O. The van der Waals surface area contributed by atoms with E-state index < -0.39 is 21.4 Å². The molecule has 0 amide bonds. The van der Waals surface area contributed by atoms with E-state index in [1.54, 1.807) is 30.3 Å². The average Bonchev–Trinajstić information content (AvgIpc) is 3.22. The second-order valence-corrected chi connectivity index (χ2v) is 10.2. The Kier molecular flexibility index (Phi) is 4.74. The molecule has 0 aromatic heterocycles. The molecule has 152 valence electrons. The number of ether oxygens (including phenoxy) is 1. The van der Waals surface area contributed by atoms with Gasteiger partial charge in [-0.05, 0) is 73.6 Å². The molecule has 0 radical (unpaired) electrons. The van der Waals surface area contributed by atoms with E-state index in [4.69, 9.17) is 16.3 Å². The van der Waals surface area contributed by atoms with Gasteiger partial charge in [0.05, 0.1) is 4.90 Å². The van der Waals surface area contributed by atoms with Crippen LogP contribution in [0.25, 0.3) is 16.7 Å². The van der Waals surface area contributed by atoms with Gasteiger partial charge in [-0.1, -0.05) is 23.7 Å². The van der Waals surface area contributed by atoms with Crippen molar-refractivity contribution in [3.8, 4) is 11.1 Å². The zero-order valence-electron chi connectivity index (χ0n) is 16.2. The second-order valence-electron chi connectivity index (χ2n) is 7.76. The van der Waals surface area contributed by atoms with Gasteiger partial charge < -0.3 is 9.84 Å². The van der Waals surface area contributed by atoms with E-state index in [9.17, 15) is 18.3 Å². The van der Waals surface area contributed by atoms with Crippen molar-refractivity contribution in [2.24, 2.45) is 0 Å². The first-order valence-electron chi connectivity index (χ1n) is 9.40. The summed E-state index contributed by atoms with van der Waals surface area (Å²) in [6, 6.07) is 9.99. The highest BCUT2D eigenvalue weighted by molar-refractivity contribution is 7.90. The second kappa shape index (κ2) is 6.89. The zero-order valence-corrected chi connectivity index (χ0v) is 17.7. The van der Waals surface area contributed by atoms with Crippen LogP contribution in [0.2, 0.25) is 5.02 Å². The number of esters is 1. The van der Waals surface area contributed by atoms with Crippen LogP contribution >= 0.6 is 11.6 Å². The third kappa shape index (κ3) is 3.34. The van der Waals surface area contributed by atoms with Gasteiger partial charge in [-0.3, -0.25) is 0 Å². The van der Waals surface area contributed by atoms with Crippen LogP contribution in [-0.2, 0) is 19.4 Å². The molecule has 2 aliphatic rings. The molecule has 29 heavy (non-hydrogen) atoms. The van der Waals surface area contributed by atoms with E-state index in [0.29, 0.717) is 34.6 Å². The minimum atomic E-state index is -3.35. The maximum absolute atomic E-state index is 12.6. The molecule has 1 fully saturated rings. The van der Waals surface area contributed by atoms with Crippen molar-refractivity contribution in [1.82, 2.24) is 0 Å². The number of aryl methyl sites for hydroxylation is 1. The number of hydrogen-bond acceptors (Lipinski definition) is 5. The Balaban J connectivity index is 1.82. The fourth-order valence-corrected chi connectivity index (χ4v) is 5.13. The predicted molar refractivity (Wildman–Crippen MR) is 112 cm³/mol. The lowest BCUT2D eigenvalue weighted by Crippen LogP contribution is -2.27. The maximum Gasteiger partial charge on any atom is 0.343 e. The van der Waals surface area contributed by atoms with Crippen molar-refractivity contribution in [1.29, 1.82) is 0 Å². The number of benzene rings is 2. The van der Waals surface area contributed by atoms with E-state index in [1.807, 2.05) is 6.92 Å². The molecule has 0 atom stereocenters. The van der Waals surface area contributed by atoms with Crippen LogP contribution in [-0.4, -0.2) is 31.4 Å². The molecule has 0 bridgehead atoms. The van der Waals surface area contributed by atoms with E-state index >= 15 is 0 Å². The van der Waals surface area contributed by atoms with Gasteiger partial charge in [0.1, 0.15) is 5.57 Å². The minimum absolute atomic E-state index is 0.00834. The Bertz CT molecular complexity index is 1160. The molecular formula is C22H21ClO5S. The number of hydrogen-bond donors (Lipinski definition) is 1. The Labute approximate surface area is 174 Å². The fraction of sp³-hybridized carbons (Fsp3) is 0.318. The van der Waals surface area contributed by atoms with Gasteiger partial charge in [0.15, 0.2) is 21.2 Å². The van der Waals surface area contributed by atoms with Crippen LogP contribution in [0.4, 0.5) is 0 Å². The summed E-state index contributed by atoms with van der Waals surface area (Å²) in [6.45, 7) is 1.82. The van der Waals surface area contributed by atoms with Gasteiger partial charge in [-0.25, -0.2) is 13.2 Å². The number of carbonyl (C=O) groups is 1. The highest BCUT2D eigenvalue weighted by Gasteiger charge is 2.50. The number of rotatable bonds is 3. The molecule has 1 saturated carbocycles. The quantitative estimate of drug-likeness (QED) is 0.700. The van der Waals surface area contributed by atoms with Gasteiger partial charge >= 0.3 is 5.97 Å². The normalized spacial score (nSPS) is 18.5. The Morgan fingerprint density at radius 3 is 2.45 bits per heavy atom. The van der Waals surface area contributed by atoms with Crippen LogP contribution in [0.3, 0.4) is 0 Å². The maximum atomic E-state index is 12.6. The highest BCUT2D eigenvalue weighted by Crippen LogP contribution is 2.47. The van der Waals surface area contributed by atoms with Crippen molar-refractivity contribution in [2.45, 2.75) is 43.1 Å². The van der Waals surface area contributed by atoms with E-state index in [0.717, 1.165) is 24.7 Å². The lowest BCUT2D eigenvalue weighted by Gasteiger charge is -2.21. The van der Waals surface area contributed by atoms with Gasteiger partial charge in [-0.2, -0.15) is 0 Å². The van der Waals surface area contributed by atoms with Crippen molar-refractivity contribution in [3.05, 3.63) is 58.3 Å². The number of halogens is 1. The van der Waals surface area contributed by atoms with Crippen LogP contribution in [0.1, 0.15) is 36.8 Å². The van der Waals surface area contributed by atoms with E-state index in [1.165, 1.54) is 6.07 Å². The molecule has 2 aromatic rings. The van der Waals surface area contributed by atoms with Crippen molar-refractivity contribution in [3.63, 3.8) is 0 Å². The number of carbonyl (C=O) groups excluding carboxylic acids is 1. The molecule has 0 saturated heterocycles. The van der Waals surface area contributed by atoms with Gasteiger partial charge in [0, 0.05) is 16.8 Å². The van der Waals surface area contributed by atoms with Crippen molar-refractivity contribution < 1.29 is 23.1 Å². The molecule has 1 heterocycles. The van der Waals surface area contributed by atoms with E-state index in [-0.39, 0.29) is 16.2 Å². The Morgan fingerprint density at radius 2 is 1.79 bits per heavy atom. The monoisotopic (exact) mass is 432 g/mol. The van der Waals surface area contributed by atoms with Gasteiger partial charge in [0.2, 0.25) is 0 Å². The first kappa shape index (κ1) is 20.0. The van der Waals surface area contributed by atoms with Gasteiger partial charge in [0.25, 0.3) is 0 Å². The Morgan fingerprint density at radius 1 is 1.10 bits per heavy atom. The molecule has 7 heteroatoms. The van der Waals surface area contributed by atoms with Crippen LogP contribution in [0.5, 0.6) is 0 Å². The van der Waals surface area contributed by atoms with E-state index in [2.05, 4.69) is 0 Å². The fourth-order valence-electron chi connectivity index (χ4n) is 4.19. The summed E-state index contributed by atoms with van der Waals surface area (Å²) in [7, 11) is -3.35. The molecule has 1 aliphatic heterocycles. The topological polar surface area (TPSA) is 80.7 Å². The number of aliphatic hydroxyl groups excluding tert-OH is 1. The first-order chi connectivity index (χ1) is 13.6. The van der Waals surface area contributed by atoms with Crippen LogP contribution < -0.4 is 0 Å². The summed E-state index contributed by atoms with van der Waals surface area (Å²) < 4.78 is 29.3. The summed E-state index contributed by atoms with van der Waals surface area (Å²) in [6.07, 6.45) is 4.20. The number of aliphatic hydroxyl groups is 1. The largest absolute Gasteiger partial charge is 0.507 e. The van der Waals surface area contributed by atoms with Crippen LogP contribution in [0.15, 0.2) is 47.1 Å². The zero-order chi connectivity index (χ0) is 21.0. The summed E-state index contributed by atoms with van der Waals surface area (Å²) >= 11 is 6.52. The summed E-state index contributed by atoms with van der Waals surface area (Å²) in [4.78, 5) is 12.8. The molecule has 0 unspecified atom stereocenters. The molecule has 1 N–H and O–H groups in total. The third-order valence-electron chi connectivity index (χ3n) is 5.73. The molecule has 2 aromatic carbocycles. The molecule has 1 spiro atoms. The lowest BCUT2D eigenvalue weighted by molar-refractivity contribution is -0.146.